The van der Waals surface area contributed by atoms with E-state index in [1.165, 1.54) is 5.56 Å². The molecule has 2 aromatic rings. The van der Waals surface area contributed by atoms with Crippen LogP contribution in [-0.4, -0.2) is 60.7 Å². The molecule has 8 heteroatoms. The van der Waals surface area contributed by atoms with Crippen LogP contribution in [0.5, 0.6) is 0 Å². The first-order valence-corrected chi connectivity index (χ1v) is 10.8. The first-order valence-electron chi connectivity index (χ1n) is 10.8. The number of guanidine groups is 1. The third-order valence-electron chi connectivity index (χ3n) is 5.44. The number of benzene rings is 1. The van der Waals surface area contributed by atoms with Gasteiger partial charge >= 0.3 is 0 Å². The molecule has 164 valence electrons. The number of rotatable bonds is 10. The summed E-state index contributed by atoms with van der Waals surface area (Å²) in [6.07, 6.45) is 3.31. The van der Waals surface area contributed by atoms with Gasteiger partial charge in [-0.05, 0) is 43.9 Å². The van der Waals surface area contributed by atoms with E-state index in [0.29, 0.717) is 19.0 Å². The van der Waals surface area contributed by atoms with Gasteiger partial charge in [-0.25, -0.2) is 0 Å². The van der Waals surface area contributed by atoms with Gasteiger partial charge in [0, 0.05) is 43.7 Å². The molecule has 8 nitrogen and oxygen atoms in total. The Morgan fingerprint density at radius 3 is 2.70 bits per heavy atom. The molecule has 0 aliphatic carbocycles. The molecule has 1 unspecified atom stereocenters. The van der Waals surface area contributed by atoms with Crippen molar-refractivity contribution >= 4 is 5.96 Å². The number of hydrogen-bond acceptors (Lipinski definition) is 6. The van der Waals surface area contributed by atoms with Gasteiger partial charge in [-0.3, -0.25) is 4.99 Å². The van der Waals surface area contributed by atoms with Crippen molar-refractivity contribution in [2.75, 3.05) is 39.5 Å². The fourth-order valence-corrected chi connectivity index (χ4v) is 3.53. The third kappa shape index (κ3) is 6.03. The maximum absolute atomic E-state index is 9.39. The summed E-state index contributed by atoms with van der Waals surface area (Å²) in [4.78, 5) is 9.12. The number of aliphatic hydroxyl groups is 1. The van der Waals surface area contributed by atoms with Crippen LogP contribution >= 0.6 is 0 Å². The van der Waals surface area contributed by atoms with Crippen LogP contribution in [0.1, 0.15) is 38.1 Å². The molecule has 3 rings (SSSR count). The lowest BCUT2D eigenvalue weighted by atomic mass is 9.84. The van der Waals surface area contributed by atoms with Crippen molar-refractivity contribution in [3.05, 3.63) is 35.7 Å². The highest BCUT2D eigenvalue weighted by Crippen LogP contribution is 2.32. The lowest BCUT2D eigenvalue weighted by Crippen LogP contribution is -2.39. The van der Waals surface area contributed by atoms with E-state index in [1.54, 1.807) is 0 Å². The molecule has 3 N–H and O–H groups in total. The molecule has 2 heterocycles. The first kappa shape index (κ1) is 22.2. The summed E-state index contributed by atoms with van der Waals surface area (Å²) in [6, 6.07) is 8.20. The highest BCUT2D eigenvalue weighted by atomic mass is 16.5. The molecule has 30 heavy (non-hydrogen) atoms. The third-order valence-corrected chi connectivity index (χ3v) is 5.44. The smallest absolute Gasteiger partial charge is 0.257 e. The van der Waals surface area contributed by atoms with Crippen LogP contribution in [0, 0.1) is 5.41 Å². The number of nitrogens with one attached hydrogen (secondary N) is 2. The molecule has 1 saturated heterocycles. The molecule has 0 saturated carbocycles. The minimum atomic E-state index is -0.0423. The Bertz CT molecular complexity index is 797. The topological polar surface area (TPSA) is 105 Å². The van der Waals surface area contributed by atoms with Gasteiger partial charge in [-0.1, -0.05) is 24.2 Å². The van der Waals surface area contributed by atoms with Gasteiger partial charge in [0.1, 0.15) is 0 Å². The SMILES string of the molecule is CCNC(=NCC1(CCO)CCOC1)NCCc1ccc(-c2nc(CC)no2)cc1. The van der Waals surface area contributed by atoms with Gasteiger partial charge in [0.2, 0.25) is 0 Å². The molecule has 1 fully saturated rings. The van der Waals surface area contributed by atoms with Gasteiger partial charge in [0.15, 0.2) is 11.8 Å². The fourth-order valence-electron chi connectivity index (χ4n) is 3.53. The number of aromatic nitrogens is 2. The van der Waals surface area contributed by atoms with Crippen LogP contribution in [0.2, 0.25) is 0 Å². The van der Waals surface area contributed by atoms with Crippen molar-refractivity contribution < 1.29 is 14.4 Å². The van der Waals surface area contributed by atoms with E-state index < -0.39 is 0 Å². The number of nitrogens with zero attached hydrogens (tertiary/aromatic N) is 3. The summed E-state index contributed by atoms with van der Waals surface area (Å²) in [5, 5.41) is 20.0. The number of hydrogen-bond donors (Lipinski definition) is 3. The minimum absolute atomic E-state index is 0.0423. The molecule has 0 spiro atoms. The molecule has 1 atom stereocenters. The van der Waals surface area contributed by atoms with Crippen LogP contribution < -0.4 is 10.6 Å². The van der Waals surface area contributed by atoms with Gasteiger partial charge in [-0.2, -0.15) is 4.98 Å². The lowest BCUT2D eigenvalue weighted by molar-refractivity contribution is 0.131. The second kappa shape index (κ2) is 11.1. The summed E-state index contributed by atoms with van der Waals surface area (Å²) in [7, 11) is 0. The quantitative estimate of drug-likeness (QED) is 0.403. The van der Waals surface area contributed by atoms with E-state index in [1.807, 2.05) is 19.1 Å². The number of ether oxygens (including phenoxy) is 1. The van der Waals surface area contributed by atoms with Gasteiger partial charge < -0.3 is 25.0 Å². The Morgan fingerprint density at radius 1 is 1.23 bits per heavy atom. The molecule has 0 radical (unpaired) electrons. The van der Waals surface area contributed by atoms with Crippen LogP contribution in [0.4, 0.5) is 0 Å². The molecule has 0 bridgehead atoms. The van der Waals surface area contributed by atoms with Gasteiger partial charge in [-0.15, -0.1) is 0 Å². The zero-order valence-electron chi connectivity index (χ0n) is 18.0. The maximum atomic E-state index is 9.39. The van der Waals surface area contributed by atoms with Crippen molar-refractivity contribution in [1.29, 1.82) is 0 Å². The molecule has 1 aromatic heterocycles. The number of aryl methyl sites for hydroxylation is 1. The van der Waals surface area contributed by atoms with Gasteiger partial charge in [0.05, 0.1) is 13.2 Å². The lowest BCUT2D eigenvalue weighted by Gasteiger charge is -2.24. The normalized spacial score (nSPS) is 19.2. The summed E-state index contributed by atoms with van der Waals surface area (Å²) < 4.78 is 10.9. The predicted molar refractivity (Wildman–Crippen MR) is 116 cm³/mol. The Kier molecular flexibility index (Phi) is 8.21. The standard InChI is InChI=1S/C22H33N5O3/c1-3-19-26-20(30-27-19)18-7-5-17(6-8-18)9-12-24-21(23-4-2)25-15-22(10-13-28)11-14-29-16-22/h5-8,28H,3-4,9-16H2,1-2H3,(H2,23,24,25). The average molecular weight is 416 g/mol. The van der Waals surface area contributed by atoms with Crippen molar-refractivity contribution in [1.82, 2.24) is 20.8 Å². The van der Waals surface area contributed by atoms with Crippen LogP contribution in [0.15, 0.2) is 33.8 Å². The second-order valence-electron chi connectivity index (χ2n) is 7.71. The average Bonchev–Trinajstić information content (AvgIpc) is 3.43. The number of aliphatic hydroxyl groups excluding tert-OH is 1. The van der Waals surface area contributed by atoms with Crippen LogP contribution in [0.25, 0.3) is 11.5 Å². The van der Waals surface area contributed by atoms with E-state index in [9.17, 15) is 5.11 Å². The summed E-state index contributed by atoms with van der Waals surface area (Å²) in [5.74, 6) is 2.08. The monoisotopic (exact) mass is 415 g/mol. The van der Waals surface area contributed by atoms with Crippen molar-refractivity contribution in [3.63, 3.8) is 0 Å². The first-order chi connectivity index (χ1) is 14.7. The summed E-state index contributed by atoms with van der Waals surface area (Å²) >= 11 is 0. The largest absolute Gasteiger partial charge is 0.396 e. The zero-order valence-corrected chi connectivity index (χ0v) is 18.0. The summed E-state index contributed by atoms with van der Waals surface area (Å²) in [5.41, 5.74) is 2.11. The van der Waals surface area contributed by atoms with E-state index in [0.717, 1.165) is 62.7 Å². The molecule has 1 aliphatic heterocycles. The number of aliphatic imine (C=N–C) groups is 1. The van der Waals surface area contributed by atoms with E-state index in [2.05, 4.69) is 39.8 Å². The van der Waals surface area contributed by atoms with Crippen molar-refractivity contribution in [2.45, 2.75) is 39.5 Å². The molecule has 1 aliphatic rings. The Balaban J connectivity index is 1.52. The minimum Gasteiger partial charge on any atom is -0.396 e. The fraction of sp³-hybridized carbons (Fsp3) is 0.591. The van der Waals surface area contributed by atoms with Crippen molar-refractivity contribution in [2.24, 2.45) is 10.4 Å². The Labute approximate surface area is 178 Å². The Morgan fingerprint density at radius 2 is 2.07 bits per heavy atom. The Hall–Kier alpha value is -2.45. The highest BCUT2D eigenvalue weighted by molar-refractivity contribution is 5.79. The molecule has 0 amide bonds. The van der Waals surface area contributed by atoms with Crippen molar-refractivity contribution in [3.8, 4) is 11.5 Å². The van der Waals surface area contributed by atoms with E-state index in [-0.39, 0.29) is 12.0 Å². The second-order valence-corrected chi connectivity index (χ2v) is 7.71. The predicted octanol–water partition coefficient (Wildman–Crippen LogP) is 2.19. The van der Waals surface area contributed by atoms with Gasteiger partial charge in [0.25, 0.3) is 5.89 Å². The van der Waals surface area contributed by atoms with E-state index >= 15 is 0 Å². The van der Waals surface area contributed by atoms with Crippen LogP contribution in [0.3, 0.4) is 0 Å². The zero-order chi connectivity index (χ0) is 21.2. The molecular formula is C22H33N5O3. The highest BCUT2D eigenvalue weighted by Gasteiger charge is 2.34. The molecule has 1 aromatic carbocycles. The molecular weight excluding hydrogens is 382 g/mol. The van der Waals surface area contributed by atoms with Crippen LogP contribution in [-0.2, 0) is 17.6 Å². The summed E-state index contributed by atoms with van der Waals surface area (Å²) in [6.45, 7) is 7.87. The van der Waals surface area contributed by atoms with E-state index in [4.69, 9.17) is 14.3 Å². The maximum Gasteiger partial charge on any atom is 0.257 e.